The van der Waals surface area contributed by atoms with Gasteiger partial charge in [-0.2, -0.15) is 0 Å². The van der Waals surface area contributed by atoms with Crippen LogP contribution >= 0.6 is 23.6 Å². The van der Waals surface area contributed by atoms with Crippen LogP contribution in [0.25, 0.3) is 10.2 Å². The van der Waals surface area contributed by atoms with Gasteiger partial charge >= 0.3 is 5.69 Å². The number of H-pyrrole nitrogens is 1. The van der Waals surface area contributed by atoms with Crippen molar-refractivity contribution in [2.24, 2.45) is 5.73 Å². The van der Waals surface area contributed by atoms with E-state index in [0.717, 1.165) is 15.0 Å². The van der Waals surface area contributed by atoms with Crippen molar-refractivity contribution in [3.05, 3.63) is 31.3 Å². The average molecular weight is 283 g/mol. The number of thiophene rings is 1. The summed E-state index contributed by atoms with van der Waals surface area (Å²) >= 11 is 6.18. The lowest BCUT2D eigenvalue weighted by molar-refractivity contribution is 0.658. The van der Waals surface area contributed by atoms with Gasteiger partial charge in [0.1, 0.15) is 4.83 Å². The lowest BCUT2D eigenvalue weighted by atomic mass is 10.2. The second-order valence-corrected chi connectivity index (χ2v) is 5.84. The van der Waals surface area contributed by atoms with Crippen LogP contribution in [-0.4, -0.2) is 14.5 Å². The Bertz CT molecular complexity index is 739. The largest absolute Gasteiger partial charge is 0.393 e. The summed E-state index contributed by atoms with van der Waals surface area (Å²) in [6, 6.07) is 0. The number of nitrogens with two attached hydrogens (primary N) is 1. The molecule has 7 heteroatoms. The smallest absolute Gasteiger partial charge is 0.329 e. The Labute approximate surface area is 112 Å². The predicted molar refractivity (Wildman–Crippen MR) is 77.6 cm³/mol. The highest BCUT2D eigenvalue weighted by atomic mass is 32.1. The molecule has 0 bridgehead atoms. The fraction of sp³-hybridized carbons (Fsp3) is 0.364. The zero-order valence-electron chi connectivity index (χ0n) is 10.1. The van der Waals surface area contributed by atoms with Crippen LogP contribution in [0.4, 0.5) is 0 Å². The monoisotopic (exact) mass is 283 g/mol. The molecule has 18 heavy (non-hydrogen) atoms. The van der Waals surface area contributed by atoms with Crippen LogP contribution in [0.3, 0.4) is 0 Å². The van der Waals surface area contributed by atoms with Crippen LogP contribution in [0, 0.1) is 13.8 Å². The van der Waals surface area contributed by atoms with Gasteiger partial charge in [0.2, 0.25) is 0 Å². The van der Waals surface area contributed by atoms with E-state index in [0.29, 0.717) is 21.6 Å². The lowest BCUT2D eigenvalue weighted by Crippen LogP contribution is -2.35. The summed E-state index contributed by atoms with van der Waals surface area (Å²) in [5.41, 5.74) is 5.63. The molecular weight excluding hydrogens is 270 g/mol. The first-order chi connectivity index (χ1) is 8.41. The van der Waals surface area contributed by atoms with Crippen LogP contribution in [-0.2, 0) is 6.54 Å². The SMILES string of the molecule is Cc1sc2[nH]c(=O)n(CCC(N)=S)c(=O)c2c1C. The Balaban J connectivity index is 2.68. The van der Waals surface area contributed by atoms with Crippen molar-refractivity contribution >= 4 is 38.8 Å². The quantitative estimate of drug-likeness (QED) is 0.825. The molecule has 0 saturated heterocycles. The molecule has 0 aliphatic rings. The molecular formula is C11H13N3O2S2. The van der Waals surface area contributed by atoms with Gasteiger partial charge in [0, 0.05) is 17.8 Å². The van der Waals surface area contributed by atoms with Crippen molar-refractivity contribution in [3.8, 4) is 0 Å². The number of thiocarbonyl (C=S) groups is 1. The van der Waals surface area contributed by atoms with Crippen molar-refractivity contribution in [2.45, 2.75) is 26.8 Å². The number of aromatic amines is 1. The van der Waals surface area contributed by atoms with E-state index in [2.05, 4.69) is 4.98 Å². The van der Waals surface area contributed by atoms with E-state index in [1.807, 2.05) is 13.8 Å². The molecule has 0 radical (unpaired) electrons. The molecule has 0 unspecified atom stereocenters. The van der Waals surface area contributed by atoms with Gasteiger partial charge in [0.05, 0.1) is 10.4 Å². The molecule has 2 aromatic rings. The number of fused-ring (bicyclic) bond motifs is 1. The number of rotatable bonds is 3. The molecule has 2 heterocycles. The predicted octanol–water partition coefficient (Wildman–Crippen LogP) is 1.04. The van der Waals surface area contributed by atoms with Gasteiger partial charge in [0.25, 0.3) is 5.56 Å². The zero-order valence-corrected chi connectivity index (χ0v) is 11.7. The van der Waals surface area contributed by atoms with Gasteiger partial charge in [-0.25, -0.2) is 4.79 Å². The molecule has 0 aliphatic carbocycles. The third kappa shape index (κ3) is 2.11. The van der Waals surface area contributed by atoms with Gasteiger partial charge < -0.3 is 5.73 Å². The fourth-order valence-electron chi connectivity index (χ4n) is 1.79. The molecule has 0 atom stereocenters. The van der Waals surface area contributed by atoms with Crippen LogP contribution in [0.1, 0.15) is 16.9 Å². The topological polar surface area (TPSA) is 80.9 Å². The van der Waals surface area contributed by atoms with Crippen molar-refractivity contribution in [2.75, 3.05) is 0 Å². The molecule has 5 nitrogen and oxygen atoms in total. The van der Waals surface area contributed by atoms with E-state index in [1.54, 1.807) is 0 Å². The van der Waals surface area contributed by atoms with Gasteiger partial charge in [-0.05, 0) is 19.4 Å². The Morgan fingerprint density at radius 3 is 2.72 bits per heavy atom. The van der Waals surface area contributed by atoms with E-state index in [1.165, 1.54) is 11.3 Å². The van der Waals surface area contributed by atoms with Crippen LogP contribution in [0.2, 0.25) is 0 Å². The van der Waals surface area contributed by atoms with E-state index in [-0.39, 0.29) is 12.1 Å². The minimum absolute atomic E-state index is 0.216. The van der Waals surface area contributed by atoms with E-state index in [4.69, 9.17) is 18.0 Å². The third-order valence-electron chi connectivity index (χ3n) is 2.89. The minimum Gasteiger partial charge on any atom is -0.393 e. The van der Waals surface area contributed by atoms with E-state index < -0.39 is 5.69 Å². The Morgan fingerprint density at radius 1 is 1.44 bits per heavy atom. The van der Waals surface area contributed by atoms with Crippen LogP contribution < -0.4 is 17.0 Å². The van der Waals surface area contributed by atoms with E-state index in [9.17, 15) is 9.59 Å². The van der Waals surface area contributed by atoms with Crippen molar-refractivity contribution in [1.29, 1.82) is 0 Å². The number of aryl methyl sites for hydroxylation is 2. The number of nitrogens with one attached hydrogen (secondary N) is 1. The summed E-state index contributed by atoms with van der Waals surface area (Å²) < 4.78 is 1.15. The number of hydrogen-bond donors (Lipinski definition) is 2. The summed E-state index contributed by atoms with van der Waals surface area (Å²) in [5, 5.41) is 0.583. The highest BCUT2D eigenvalue weighted by Crippen LogP contribution is 2.24. The Hall–Kier alpha value is -1.47. The molecule has 0 amide bonds. The van der Waals surface area contributed by atoms with Crippen molar-refractivity contribution in [3.63, 3.8) is 0 Å². The lowest BCUT2D eigenvalue weighted by Gasteiger charge is -2.03. The number of aromatic nitrogens is 2. The van der Waals surface area contributed by atoms with Crippen molar-refractivity contribution < 1.29 is 0 Å². The van der Waals surface area contributed by atoms with Gasteiger partial charge in [-0.15, -0.1) is 11.3 Å². The maximum Gasteiger partial charge on any atom is 0.329 e. The normalized spacial score (nSPS) is 11.0. The summed E-state index contributed by atoms with van der Waals surface area (Å²) in [6.07, 6.45) is 0.339. The van der Waals surface area contributed by atoms with E-state index >= 15 is 0 Å². The molecule has 0 aromatic carbocycles. The number of nitrogens with zero attached hydrogens (tertiary/aromatic N) is 1. The van der Waals surface area contributed by atoms with Crippen LogP contribution in [0.15, 0.2) is 9.59 Å². The molecule has 3 N–H and O–H groups in total. The molecule has 0 saturated carbocycles. The third-order valence-corrected chi connectivity index (χ3v) is 4.22. The summed E-state index contributed by atoms with van der Waals surface area (Å²) in [5.74, 6) is 0. The first-order valence-electron chi connectivity index (χ1n) is 5.43. The maximum atomic E-state index is 12.3. The van der Waals surface area contributed by atoms with Gasteiger partial charge in [-0.1, -0.05) is 12.2 Å². The molecule has 2 rings (SSSR count). The molecule has 0 spiro atoms. The number of hydrogen-bond acceptors (Lipinski definition) is 4. The molecule has 0 fully saturated rings. The highest BCUT2D eigenvalue weighted by molar-refractivity contribution is 7.80. The summed E-state index contributed by atoms with van der Waals surface area (Å²) in [4.78, 5) is 28.8. The minimum atomic E-state index is -0.412. The fourth-order valence-corrected chi connectivity index (χ4v) is 2.92. The van der Waals surface area contributed by atoms with Gasteiger partial charge in [0.15, 0.2) is 0 Å². The Morgan fingerprint density at radius 2 is 2.11 bits per heavy atom. The van der Waals surface area contributed by atoms with Crippen molar-refractivity contribution in [1.82, 2.24) is 9.55 Å². The van der Waals surface area contributed by atoms with Crippen LogP contribution in [0.5, 0.6) is 0 Å². The molecule has 0 aliphatic heterocycles. The average Bonchev–Trinajstić information content (AvgIpc) is 2.53. The summed E-state index contributed by atoms with van der Waals surface area (Å²) in [6.45, 7) is 4.02. The molecule has 2 aromatic heterocycles. The van der Waals surface area contributed by atoms with Gasteiger partial charge in [-0.3, -0.25) is 14.3 Å². The first kappa shape index (κ1) is 13.0. The Kier molecular flexibility index (Phi) is 3.36. The standard InChI is InChI=1S/C11H13N3O2S2/c1-5-6(2)18-9-8(5)10(15)14(11(16)13-9)4-3-7(12)17/h3-4H2,1-2H3,(H2,12,17)(H,13,16). The molecule has 96 valence electrons. The second kappa shape index (κ2) is 4.66. The second-order valence-electron chi connectivity index (χ2n) is 4.09. The highest BCUT2D eigenvalue weighted by Gasteiger charge is 2.13. The summed E-state index contributed by atoms with van der Waals surface area (Å²) in [7, 11) is 0. The zero-order chi connectivity index (χ0) is 13.4. The first-order valence-corrected chi connectivity index (χ1v) is 6.65. The maximum absolute atomic E-state index is 12.3.